The molecule has 0 aliphatic carbocycles. The number of ether oxygens (including phenoxy) is 2. The maximum Gasteiger partial charge on any atom is 0.170 e. The molecular formula is C13H19NO2. The monoisotopic (exact) mass is 221 g/mol. The van der Waals surface area contributed by atoms with Gasteiger partial charge in [0.25, 0.3) is 0 Å². The predicted octanol–water partition coefficient (Wildman–Crippen LogP) is 2.23. The van der Waals surface area contributed by atoms with Crippen LogP contribution in [-0.2, 0) is 9.47 Å². The highest BCUT2D eigenvalue weighted by Gasteiger charge is 2.36. The van der Waals surface area contributed by atoms with Gasteiger partial charge < -0.3 is 15.2 Å². The lowest BCUT2D eigenvalue weighted by molar-refractivity contribution is -0.167. The summed E-state index contributed by atoms with van der Waals surface area (Å²) in [6, 6.07) is 10.1. The Bertz CT molecular complexity index is 320. The van der Waals surface area contributed by atoms with E-state index in [1.165, 1.54) is 0 Å². The van der Waals surface area contributed by atoms with E-state index in [-0.39, 0.29) is 6.04 Å². The Morgan fingerprint density at radius 2 is 1.88 bits per heavy atom. The summed E-state index contributed by atoms with van der Waals surface area (Å²) in [4.78, 5) is 0. The summed E-state index contributed by atoms with van der Waals surface area (Å²) in [6.45, 7) is 3.42. The van der Waals surface area contributed by atoms with Gasteiger partial charge in [-0.05, 0) is 12.0 Å². The molecule has 1 fully saturated rings. The molecular weight excluding hydrogens is 202 g/mol. The fraction of sp³-hybridized carbons (Fsp3) is 0.538. The first-order valence-electron chi connectivity index (χ1n) is 5.84. The lowest BCUT2D eigenvalue weighted by Crippen LogP contribution is -2.33. The highest BCUT2D eigenvalue weighted by atomic mass is 16.7. The maximum absolute atomic E-state index is 6.18. The van der Waals surface area contributed by atoms with Gasteiger partial charge >= 0.3 is 0 Å². The van der Waals surface area contributed by atoms with Crippen LogP contribution in [0.25, 0.3) is 0 Å². The van der Waals surface area contributed by atoms with Crippen molar-refractivity contribution in [3.05, 3.63) is 35.9 Å². The van der Waals surface area contributed by atoms with Crippen molar-refractivity contribution in [1.29, 1.82) is 0 Å². The number of hydrogen-bond acceptors (Lipinski definition) is 3. The van der Waals surface area contributed by atoms with Gasteiger partial charge in [0.15, 0.2) is 5.79 Å². The predicted molar refractivity (Wildman–Crippen MR) is 62.9 cm³/mol. The van der Waals surface area contributed by atoms with Gasteiger partial charge in [-0.1, -0.05) is 37.3 Å². The van der Waals surface area contributed by atoms with Crippen molar-refractivity contribution in [2.75, 3.05) is 13.2 Å². The van der Waals surface area contributed by atoms with Gasteiger partial charge in [0.2, 0.25) is 0 Å². The molecule has 1 atom stereocenters. The van der Waals surface area contributed by atoms with Crippen LogP contribution < -0.4 is 5.73 Å². The van der Waals surface area contributed by atoms with Crippen molar-refractivity contribution in [3.63, 3.8) is 0 Å². The van der Waals surface area contributed by atoms with Crippen LogP contribution in [0.4, 0.5) is 0 Å². The minimum Gasteiger partial charge on any atom is -0.347 e. The first kappa shape index (κ1) is 11.6. The third kappa shape index (κ3) is 2.43. The molecule has 0 spiro atoms. The van der Waals surface area contributed by atoms with Crippen molar-refractivity contribution in [3.8, 4) is 0 Å². The first-order chi connectivity index (χ1) is 7.76. The quantitative estimate of drug-likeness (QED) is 0.848. The summed E-state index contributed by atoms with van der Waals surface area (Å²) in [5.74, 6) is -0.463. The third-order valence-corrected chi connectivity index (χ3v) is 3.11. The lowest BCUT2D eigenvalue weighted by atomic mass is 9.98. The SMILES string of the molecule is CCC1(C[C@H](N)c2ccccc2)OCCO1. The van der Waals surface area contributed by atoms with Crippen molar-refractivity contribution in [1.82, 2.24) is 0 Å². The molecule has 0 saturated carbocycles. The second kappa shape index (κ2) is 4.95. The Morgan fingerprint density at radius 1 is 1.25 bits per heavy atom. The van der Waals surface area contributed by atoms with E-state index in [0.29, 0.717) is 19.6 Å². The topological polar surface area (TPSA) is 44.5 Å². The van der Waals surface area contributed by atoms with Gasteiger partial charge in [-0.25, -0.2) is 0 Å². The van der Waals surface area contributed by atoms with Crippen LogP contribution in [-0.4, -0.2) is 19.0 Å². The van der Waals surface area contributed by atoms with Crippen LogP contribution in [0.5, 0.6) is 0 Å². The highest BCUT2D eigenvalue weighted by molar-refractivity contribution is 5.18. The van der Waals surface area contributed by atoms with E-state index in [1.807, 2.05) is 30.3 Å². The second-order valence-electron chi connectivity index (χ2n) is 4.18. The van der Waals surface area contributed by atoms with Gasteiger partial charge in [-0.15, -0.1) is 0 Å². The molecule has 0 bridgehead atoms. The van der Waals surface area contributed by atoms with Crippen molar-refractivity contribution < 1.29 is 9.47 Å². The van der Waals surface area contributed by atoms with Crippen LogP contribution in [0.2, 0.25) is 0 Å². The normalized spacial score (nSPS) is 20.9. The Labute approximate surface area is 96.5 Å². The molecule has 2 N–H and O–H groups in total. The number of hydrogen-bond donors (Lipinski definition) is 1. The number of benzene rings is 1. The molecule has 0 unspecified atom stereocenters. The third-order valence-electron chi connectivity index (χ3n) is 3.11. The Kier molecular flexibility index (Phi) is 3.59. The molecule has 1 aliphatic heterocycles. The highest BCUT2D eigenvalue weighted by Crippen LogP contribution is 2.32. The lowest BCUT2D eigenvalue weighted by Gasteiger charge is -2.29. The van der Waals surface area contributed by atoms with Crippen LogP contribution in [0.3, 0.4) is 0 Å². The smallest absolute Gasteiger partial charge is 0.170 e. The summed E-state index contributed by atoms with van der Waals surface area (Å²) >= 11 is 0. The Morgan fingerprint density at radius 3 is 2.44 bits per heavy atom. The molecule has 0 aromatic heterocycles. The van der Waals surface area contributed by atoms with Crippen molar-refractivity contribution >= 4 is 0 Å². The van der Waals surface area contributed by atoms with Crippen LogP contribution in [0.1, 0.15) is 31.4 Å². The van der Waals surface area contributed by atoms with Gasteiger partial charge in [-0.2, -0.15) is 0 Å². The Hall–Kier alpha value is -0.900. The van der Waals surface area contributed by atoms with E-state index in [4.69, 9.17) is 15.2 Å². The van der Waals surface area contributed by atoms with E-state index in [0.717, 1.165) is 12.0 Å². The molecule has 16 heavy (non-hydrogen) atoms. The van der Waals surface area contributed by atoms with E-state index < -0.39 is 5.79 Å². The van der Waals surface area contributed by atoms with E-state index in [1.54, 1.807) is 0 Å². The largest absolute Gasteiger partial charge is 0.347 e. The molecule has 0 radical (unpaired) electrons. The molecule has 1 aliphatic rings. The van der Waals surface area contributed by atoms with E-state index in [2.05, 4.69) is 6.92 Å². The van der Waals surface area contributed by atoms with E-state index in [9.17, 15) is 0 Å². The summed E-state index contributed by atoms with van der Waals surface area (Å²) in [6.07, 6.45) is 1.56. The van der Waals surface area contributed by atoms with Crippen molar-refractivity contribution in [2.24, 2.45) is 5.73 Å². The van der Waals surface area contributed by atoms with Crippen LogP contribution >= 0.6 is 0 Å². The minimum absolute atomic E-state index is 0.0285. The molecule has 1 heterocycles. The average molecular weight is 221 g/mol. The average Bonchev–Trinajstić information content (AvgIpc) is 2.79. The number of nitrogens with two attached hydrogens (primary N) is 1. The van der Waals surface area contributed by atoms with Gasteiger partial charge in [-0.3, -0.25) is 0 Å². The van der Waals surface area contributed by atoms with Crippen molar-refractivity contribution in [2.45, 2.75) is 31.6 Å². The van der Waals surface area contributed by atoms with Crippen LogP contribution in [0.15, 0.2) is 30.3 Å². The van der Waals surface area contributed by atoms with Gasteiger partial charge in [0, 0.05) is 12.5 Å². The zero-order valence-corrected chi connectivity index (χ0v) is 9.69. The van der Waals surface area contributed by atoms with Crippen LogP contribution in [0, 0.1) is 0 Å². The first-order valence-corrected chi connectivity index (χ1v) is 5.84. The molecule has 0 amide bonds. The zero-order valence-electron chi connectivity index (χ0n) is 9.69. The molecule has 88 valence electrons. The van der Waals surface area contributed by atoms with Gasteiger partial charge in [0.05, 0.1) is 13.2 Å². The Balaban J connectivity index is 2.03. The summed E-state index contributed by atoms with van der Waals surface area (Å²) in [7, 11) is 0. The summed E-state index contributed by atoms with van der Waals surface area (Å²) in [5, 5.41) is 0. The molecule has 1 aromatic rings. The fourth-order valence-corrected chi connectivity index (χ4v) is 2.12. The number of rotatable bonds is 4. The molecule has 3 nitrogen and oxygen atoms in total. The molecule has 1 saturated heterocycles. The summed E-state index contributed by atoms with van der Waals surface area (Å²) < 4.78 is 11.4. The van der Waals surface area contributed by atoms with Gasteiger partial charge in [0.1, 0.15) is 0 Å². The zero-order chi connectivity index (χ0) is 11.4. The second-order valence-corrected chi connectivity index (χ2v) is 4.18. The maximum atomic E-state index is 6.18. The molecule has 1 aromatic carbocycles. The molecule has 3 heteroatoms. The standard InChI is InChI=1S/C13H19NO2/c1-2-13(15-8-9-16-13)10-12(14)11-6-4-3-5-7-11/h3-7,12H,2,8-10,14H2,1H3/t12-/m0/s1. The molecule has 2 rings (SSSR count). The fourth-order valence-electron chi connectivity index (χ4n) is 2.12. The minimum atomic E-state index is -0.463. The van der Waals surface area contributed by atoms with E-state index >= 15 is 0 Å². The summed E-state index contributed by atoms with van der Waals surface area (Å²) in [5.41, 5.74) is 7.31.